The number of morpholine rings is 1. The molecule has 5 aliphatic rings. The van der Waals surface area contributed by atoms with Crippen molar-refractivity contribution in [2.24, 2.45) is 23.2 Å². The second-order valence-corrected chi connectivity index (χ2v) is 19.4. The minimum absolute atomic E-state index is 0.107. The Bertz CT molecular complexity index is 2290. The second-order valence-electron chi connectivity index (χ2n) is 18.5. The monoisotopic (exact) mass is 837 g/mol. The van der Waals surface area contributed by atoms with Crippen LogP contribution in [0.15, 0.2) is 29.8 Å². The number of hydrogen-bond donors (Lipinski definition) is 2. The number of thiazole rings is 1. The molecule has 1 unspecified atom stereocenters. The van der Waals surface area contributed by atoms with Crippen molar-refractivity contribution in [3.05, 3.63) is 51.6 Å². The minimum Gasteiger partial charge on any atom is -0.464 e. The number of amides is 2. The zero-order chi connectivity index (χ0) is 41.9. The molecule has 3 aromatic heterocycles. The van der Waals surface area contributed by atoms with Gasteiger partial charge < -0.3 is 29.0 Å². The Kier molecular flexibility index (Phi) is 11.3. The highest BCUT2D eigenvalue weighted by Gasteiger charge is 2.49. The number of benzene rings is 1. The number of fused-ring (bicyclic) bond motifs is 6. The Morgan fingerprint density at radius 3 is 2.63 bits per heavy atom. The molecule has 320 valence electrons. The molecule has 6 atom stereocenters. The summed E-state index contributed by atoms with van der Waals surface area (Å²) in [6, 6.07) is 5.38. The van der Waals surface area contributed by atoms with E-state index in [2.05, 4.69) is 78.4 Å². The van der Waals surface area contributed by atoms with Crippen LogP contribution in [0.2, 0.25) is 0 Å². The van der Waals surface area contributed by atoms with Gasteiger partial charge in [-0.15, -0.1) is 11.3 Å². The lowest BCUT2D eigenvalue weighted by molar-refractivity contribution is -0.155. The lowest BCUT2D eigenvalue weighted by atomic mass is 9.83. The molecular formula is C46H59N7O6S. The number of esters is 1. The van der Waals surface area contributed by atoms with Crippen LogP contribution in [0.25, 0.3) is 33.4 Å². The maximum absolute atomic E-state index is 14.3. The van der Waals surface area contributed by atoms with E-state index in [0.29, 0.717) is 39.0 Å². The first-order valence-corrected chi connectivity index (χ1v) is 22.8. The van der Waals surface area contributed by atoms with Gasteiger partial charge in [0.2, 0.25) is 5.91 Å². The van der Waals surface area contributed by atoms with Gasteiger partial charge in [0, 0.05) is 72.9 Å². The number of rotatable bonds is 6. The summed E-state index contributed by atoms with van der Waals surface area (Å²) < 4.78 is 20.4. The molecule has 6 bridgehead atoms. The fourth-order valence-electron chi connectivity index (χ4n) is 9.88. The summed E-state index contributed by atoms with van der Waals surface area (Å²) in [6.45, 7) is 15.0. The molecule has 0 spiro atoms. The molecule has 9 rings (SSSR count). The van der Waals surface area contributed by atoms with E-state index in [0.717, 1.165) is 77.8 Å². The van der Waals surface area contributed by atoms with Crippen LogP contribution < -0.4 is 15.6 Å². The second kappa shape index (κ2) is 16.5. The van der Waals surface area contributed by atoms with Crippen LogP contribution >= 0.6 is 11.3 Å². The normalized spacial score (nSPS) is 26.3. The average molecular weight is 838 g/mol. The number of anilines is 1. The summed E-state index contributed by atoms with van der Waals surface area (Å²) in [5.41, 5.74) is 12.4. The lowest BCUT2D eigenvalue weighted by Crippen LogP contribution is -2.60. The van der Waals surface area contributed by atoms with E-state index in [1.807, 2.05) is 6.20 Å². The topological polar surface area (TPSA) is 140 Å². The molecule has 14 heteroatoms. The number of nitrogens with one attached hydrogen (secondary N) is 2. The smallest absolute Gasteiger partial charge is 0.324 e. The summed E-state index contributed by atoms with van der Waals surface area (Å²) in [5, 5.41) is 8.64. The van der Waals surface area contributed by atoms with Crippen molar-refractivity contribution < 1.29 is 28.6 Å². The van der Waals surface area contributed by atoms with Crippen molar-refractivity contribution in [1.82, 2.24) is 30.3 Å². The van der Waals surface area contributed by atoms with Crippen molar-refractivity contribution in [3.8, 4) is 22.5 Å². The van der Waals surface area contributed by atoms with Crippen LogP contribution in [-0.4, -0.2) is 96.0 Å². The third-order valence-electron chi connectivity index (χ3n) is 13.7. The molecule has 1 aromatic carbocycles. The van der Waals surface area contributed by atoms with Gasteiger partial charge in [-0.1, -0.05) is 27.7 Å². The SMILES string of the molecule is CO[C@@H](C)c1ncc(N2CCOCC2)cc1-c1c2c3cc(cc4c3n1CCCC4)-c1csc(n1)C[C@H](NC(=O)C1[C@@H](C)[C@H]1C)C(=O)N1CCC[C@H](N1)C(=O)OCC(C)(C)C2. The fraction of sp³-hybridized carbons (Fsp3) is 0.587. The third kappa shape index (κ3) is 7.84. The van der Waals surface area contributed by atoms with Gasteiger partial charge >= 0.3 is 5.97 Å². The Hall–Kier alpha value is -4.37. The van der Waals surface area contributed by atoms with E-state index in [4.69, 9.17) is 24.2 Å². The van der Waals surface area contributed by atoms with Gasteiger partial charge in [-0.05, 0) is 86.6 Å². The van der Waals surface area contributed by atoms with Gasteiger partial charge in [0.15, 0.2) is 0 Å². The zero-order valence-electron chi connectivity index (χ0n) is 35.8. The summed E-state index contributed by atoms with van der Waals surface area (Å²) in [5.74, 6) is -0.346. The predicted octanol–water partition coefficient (Wildman–Crippen LogP) is 6.26. The van der Waals surface area contributed by atoms with Crippen molar-refractivity contribution in [2.75, 3.05) is 51.5 Å². The van der Waals surface area contributed by atoms with Crippen molar-refractivity contribution in [3.63, 3.8) is 0 Å². The molecule has 60 heavy (non-hydrogen) atoms. The number of carbonyl (C=O) groups excluding carboxylic acids is 3. The summed E-state index contributed by atoms with van der Waals surface area (Å²) in [6.07, 6.45) is 6.80. The molecule has 1 aliphatic carbocycles. The van der Waals surface area contributed by atoms with Crippen LogP contribution in [0.3, 0.4) is 0 Å². The molecule has 4 aliphatic heterocycles. The van der Waals surface area contributed by atoms with Gasteiger partial charge in [-0.25, -0.2) is 10.4 Å². The zero-order valence-corrected chi connectivity index (χ0v) is 36.7. The molecule has 1 saturated carbocycles. The van der Waals surface area contributed by atoms with E-state index in [9.17, 15) is 14.4 Å². The van der Waals surface area contributed by atoms with Gasteiger partial charge in [0.1, 0.15) is 12.1 Å². The maximum atomic E-state index is 14.3. The molecule has 13 nitrogen and oxygen atoms in total. The summed E-state index contributed by atoms with van der Waals surface area (Å²) in [7, 11) is 1.74. The van der Waals surface area contributed by atoms with E-state index in [-0.39, 0.29) is 54.7 Å². The molecular weight excluding hydrogens is 779 g/mol. The number of aromatic nitrogens is 3. The third-order valence-corrected chi connectivity index (χ3v) is 14.5. The van der Waals surface area contributed by atoms with Gasteiger partial charge in [-0.2, -0.15) is 0 Å². The number of ether oxygens (including phenoxy) is 3. The highest BCUT2D eigenvalue weighted by Crippen LogP contribution is 2.47. The highest BCUT2D eigenvalue weighted by molar-refractivity contribution is 7.10. The van der Waals surface area contributed by atoms with Gasteiger partial charge in [-0.3, -0.25) is 24.4 Å². The lowest BCUT2D eigenvalue weighted by Gasteiger charge is -2.35. The van der Waals surface area contributed by atoms with Gasteiger partial charge in [0.05, 0.1) is 65.4 Å². The van der Waals surface area contributed by atoms with E-state index in [1.165, 1.54) is 38.4 Å². The Morgan fingerprint density at radius 2 is 1.87 bits per heavy atom. The number of methoxy groups -OCH3 is 1. The molecule has 2 amide bonds. The van der Waals surface area contributed by atoms with Crippen molar-refractivity contribution in [1.29, 1.82) is 0 Å². The number of cyclic esters (lactones) is 1. The highest BCUT2D eigenvalue weighted by atomic mass is 32.1. The largest absolute Gasteiger partial charge is 0.464 e. The molecule has 2 saturated heterocycles. The van der Waals surface area contributed by atoms with Crippen LogP contribution in [-0.2, 0) is 54.4 Å². The number of nitrogens with zero attached hydrogens (tertiary/aromatic N) is 5. The fourth-order valence-corrected chi connectivity index (χ4v) is 10.7. The quantitative estimate of drug-likeness (QED) is 0.214. The average Bonchev–Trinajstić information content (AvgIpc) is 3.52. The molecule has 7 heterocycles. The van der Waals surface area contributed by atoms with E-state index in [1.54, 1.807) is 7.11 Å². The predicted molar refractivity (Wildman–Crippen MR) is 231 cm³/mol. The Morgan fingerprint density at radius 1 is 1.07 bits per heavy atom. The molecule has 4 aromatic rings. The van der Waals surface area contributed by atoms with Crippen LogP contribution in [0, 0.1) is 23.2 Å². The molecule has 2 N–H and O–H groups in total. The Balaban J connectivity index is 1.21. The standard InChI is InChI=1S/C46H59N7O6S/c1-26-27(2)39(26)43(54)49-36-21-38-48-37(24-60-38)30-18-29-10-7-8-12-52-41(29)32(19-30)34(22-46(4,5)25-59-45(56)35-11-9-13-53(50-35)44(36)55)42(52)33-20-31(51-14-16-58-17-15-51)23-47-40(33)28(3)57-6/h18-20,23-24,26-28,35-36,39,50H,7-17,21-22,25H2,1-6H3,(H,49,54)/t26-,27+,28-,35-,36-,39?/m0/s1. The number of aryl methyl sites for hydroxylation is 2. The maximum Gasteiger partial charge on any atom is 0.324 e. The Labute approximate surface area is 356 Å². The first-order chi connectivity index (χ1) is 28.9. The number of carbonyl (C=O) groups is 3. The number of hydrazine groups is 1. The van der Waals surface area contributed by atoms with Gasteiger partial charge in [0.25, 0.3) is 5.91 Å². The first kappa shape index (κ1) is 41.0. The molecule has 3 fully saturated rings. The van der Waals surface area contributed by atoms with Crippen molar-refractivity contribution in [2.45, 2.75) is 104 Å². The minimum atomic E-state index is -0.836. The van der Waals surface area contributed by atoms with Crippen molar-refractivity contribution >= 4 is 45.7 Å². The van der Waals surface area contributed by atoms with Crippen LogP contribution in [0.1, 0.15) is 88.2 Å². The summed E-state index contributed by atoms with van der Waals surface area (Å²) >= 11 is 1.51. The molecule has 0 radical (unpaired) electrons. The summed E-state index contributed by atoms with van der Waals surface area (Å²) in [4.78, 5) is 54.4. The number of hydrogen-bond acceptors (Lipinski definition) is 11. The van der Waals surface area contributed by atoms with E-state index < -0.39 is 17.5 Å². The van der Waals surface area contributed by atoms with Crippen LogP contribution in [0.4, 0.5) is 5.69 Å². The number of pyridine rings is 1. The first-order valence-electron chi connectivity index (χ1n) is 21.9. The van der Waals surface area contributed by atoms with Crippen LogP contribution in [0.5, 0.6) is 0 Å². The van der Waals surface area contributed by atoms with E-state index >= 15 is 0 Å².